The van der Waals surface area contributed by atoms with Crippen LogP contribution < -0.4 is 0 Å². The average Bonchev–Trinajstić information content (AvgIpc) is 2.40. The first-order valence-electron chi connectivity index (χ1n) is 5.85. The van der Waals surface area contributed by atoms with Crippen LogP contribution in [0, 0.1) is 0 Å². The van der Waals surface area contributed by atoms with Crippen LogP contribution >= 0.6 is 11.6 Å². The van der Waals surface area contributed by atoms with Crippen LogP contribution in [-0.4, -0.2) is 72.0 Å². The molecule has 0 aliphatic carbocycles. The normalized spacial score (nSPS) is 18.6. The Morgan fingerprint density at radius 3 is 2.32 bits per heavy atom. The molecule has 0 saturated carbocycles. The summed E-state index contributed by atoms with van der Waals surface area (Å²) in [7, 11) is -3.56. The SMILES string of the molecule is O=S(=O)(c1cnc(Cl)nc1)N1CCN(CCO)CC1. The van der Waals surface area contributed by atoms with E-state index < -0.39 is 10.0 Å². The minimum absolute atomic E-state index is 0.0201. The molecule has 1 aliphatic rings. The van der Waals surface area contributed by atoms with Gasteiger partial charge in [0.1, 0.15) is 4.90 Å². The molecule has 1 fully saturated rings. The van der Waals surface area contributed by atoms with Crippen LogP contribution in [0.1, 0.15) is 0 Å². The van der Waals surface area contributed by atoms with Crippen molar-refractivity contribution in [3.63, 3.8) is 0 Å². The van der Waals surface area contributed by atoms with Gasteiger partial charge in [0, 0.05) is 32.7 Å². The zero-order valence-corrected chi connectivity index (χ0v) is 11.8. The van der Waals surface area contributed by atoms with Crippen molar-refractivity contribution < 1.29 is 13.5 Å². The van der Waals surface area contributed by atoms with E-state index in [0.717, 1.165) is 0 Å². The predicted octanol–water partition coefficient (Wildman–Crippen LogP) is -0.571. The van der Waals surface area contributed by atoms with Crippen molar-refractivity contribution in [3.8, 4) is 0 Å². The molecule has 2 rings (SSSR count). The molecule has 0 atom stereocenters. The Balaban J connectivity index is 2.07. The summed E-state index contributed by atoms with van der Waals surface area (Å²) in [6, 6.07) is 0. The molecule has 106 valence electrons. The molecule has 0 bridgehead atoms. The molecule has 1 aromatic heterocycles. The fraction of sp³-hybridized carbons (Fsp3) is 0.600. The number of aliphatic hydroxyl groups is 1. The number of hydrogen-bond acceptors (Lipinski definition) is 6. The number of β-amino-alcohol motifs (C(OH)–C–C–N with tert-alkyl or cyclic N) is 1. The lowest BCUT2D eigenvalue weighted by molar-refractivity contribution is 0.151. The van der Waals surface area contributed by atoms with Gasteiger partial charge in [0.25, 0.3) is 0 Å². The lowest BCUT2D eigenvalue weighted by atomic mass is 10.4. The summed E-state index contributed by atoms with van der Waals surface area (Å²) in [4.78, 5) is 9.45. The minimum atomic E-state index is -3.56. The standard InChI is InChI=1S/C10H15ClN4O3S/c11-10-12-7-9(8-13-10)19(17,18)15-3-1-14(2-4-15)5-6-16/h7-8,16H,1-6H2. The number of nitrogens with zero attached hydrogens (tertiary/aromatic N) is 4. The summed E-state index contributed by atoms with van der Waals surface area (Å²) in [5, 5.41) is 8.87. The van der Waals surface area contributed by atoms with Crippen LogP contribution in [0.25, 0.3) is 0 Å². The van der Waals surface area contributed by atoms with Gasteiger partial charge in [-0.3, -0.25) is 4.90 Å². The maximum Gasteiger partial charge on any atom is 0.246 e. The van der Waals surface area contributed by atoms with Crippen LogP contribution in [-0.2, 0) is 10.0 Å². The minimum Gasteiger partial charge on any atom is -0.395 e. The highest BCUT2D eigenvalue weighted by Crippen LogP contribution is 2.16. The lowest BCUT2D eigenvalue weighted by Gasteiger charge is -2.33. The fourth-order valence-corrected chi connectivity index (χ4v) is 3.33. The number of hydrogen-bond donors (Lipinski definition) is 1. The zero-order valence-electron chi connectivity index (χ0n) is 10.2. The van der Waals surface area contributed by atoms with Crippen molar-refractivity contribution in [2.24, 2.45) is 0 Å². The first kappa shape index (κ1) is 14.6. The monoisotopic (exact) mass is 306 g/mol. The molecule has 2 heterocycles. The van der Waals surface area contributed by atoms with E-state index in [2.05, 4.69) is 9.97 Å². The van der Waals surface area contributed by atoms with Crippen LogP contribution in [0.4, 0.5) is 0 Å². The second-order valence-electron chi connectivity index (χ2n) is 4.16. The van der Waals surface area contributed by atoms with Gasteiger partial charge in [-0.1, -0.05) is 0 Å². The maximum absolute atomic E-state index is 12.3. The predicted molar refractivity (Wildman–Crippen MR) is 69.3 cm³/mol. The molecule has 1 saturated heterocycles. The van der Waals surface area contributed by atoms with Gasteiger partial charge in [0.15, 0.2) is 0 Å². The molecule has 0 unspecified atom stereocenters. The molecule has 7 nitrogen and oxygen atoms in total. The second kappa shape index (κ2) is 6.10. The first-order chi connectivity index (χ1) is 9.04. The average molecular weight is 307 g/mol. The highest BCUT2D eigenvalue weighted by atomic mass is 35.5. The van der Waals surface area contributed by atoms with Crippen LogP contribution in [0.5, 0.6) is 0 Å². The van der Waals surface area contributed by atoms with E-state index in [9.17, 15) is 8.42 Å². The number of sulfonamides is 1. The van der Waals surface area contributed by atoms with Gasteiger partial charge in [-0.2, -0.15) is 4.31 Å². The van der Waals surface area contributed by atoms with Gasteiger partial charge in [0.05, 0.1) is 19.0 Å². The van der Waals surface area contributed by atoms with Gasteiger partial charge in [-0.25, -0.2) is 18.4 Å². The smallest absolute Gasteiger partial charge is 0.246 e. The van der Waals surface area contributed by atoms with E-state index in [1.165, 1.54) is 16.7 Å². The van der Waals surface area contributed by atoms with Crippen LogP contribution in [0.15, 0.2) is 17.3 Å². The van der Waals surface area contributed by atoms with Gasteiger partial charge in [-0.05, 0) is 11.6 Å². The van der Waals surface area contributed by atoms with E-state index in [-0.39, 0.29) is 16.8 Å². The van der Waals surface area contributed by atoms with Crippen molar-refractivity contribution in [3.05, 3.63) is 17.7 Å². The summed E-state index contributed by atoms with van der Waals surface area (Å²) < 4.78 is 26.0. The molecular weight excluding hydrogens is 292 g/mol. The summed E-state index contributed by atoms with van der Waals surface area (Å²) in [5.41, 5.74) is 0. The molecular formula is C10H15ClN4O3S. The summed E-state index contributed by atoms with van der Waals surface area (Å²) >= 11 is 5.54. The summed E-state index contributed by atoms with van der Waals surface area (Å²) in [6.07, 6.45) is 2.43. The second-order valence-corrected chi connectivity index (χ2v) is 6.43. The highest BCUT2D eigenvalue weighted by molar-refractivity contribution is 7.89. The van der Waals surface area contributed by atoms with Crippen molar-refractivity contribution in [2.45, 2.75) is 4.90 Å². The van der Waals surface area contributed by atoms with Gasteiger partial charge < -0.3 is 5.11 Å². The number of aromatic nitrogens is 2. The number of rotatable bonds is 4. The first-order valence-corrected chi connectivity index (χ1v) is 7.67. The molecule has 0 radical (unpaired) electrons. The Morgan fingerprint density at radius 1 is 1.21 bits per heavy atom. The largest absolute Gasteiger partial charge is 0.395 e. The third kappa shape index (κ3) is 3.40. The fourth-order valence-electron chi connectivity index (χ4n) is 1.92. The molecule has 1 N–H and O–H groups in total. The van der Waals surface area contributed by atoms with Crippen molar-refractivity contribution >= 4 is 21.6 Å². The maximum atomic E-state index is 12.3. The van der Waals surface area contributed by atoms with Crippen LogP contribution in [0.2, 0.25) is 5.28 Å². The molecule has 0 amide bonds. The van der Waals surface area contributed by atoms with Crippen molar-refractivity contribution in [2.75, 3.05) is 39.3 Å². The number of aliphatic hydroxyl groups excluding tert-OH is 1. The zero-order chi connectivity index (χ0) is 13.9. The number of halogens is 1. The third-order valence-electron chi connectivity index (χ3n) is 2.98. The van der Waals surface area contributed by atoms with E-state index >= 15 is 0 Å². The lowest BCUT2D eigenvalue weighted by Crippen LogP contribution is -2.49. The Hall–Kier alpha value is -0.800. The van der Waals surface area contributed by atoms with Gasteiger partial charge >= 0.3 is 0 Å². The molecule has 0 spiro atoms. The highest BCUT2D eigenvalue weighted by Gasteiger charge is 2.28. The Morgan fingerprint density at radius 2 is 1.79 bits per heavy atom. The number of piperazine rings is 1. The molecule has 1 aromatic rings. The quantitative estimate of drug-likeness (QED) is 0.750. The molecule has 9 heteroatoms. The van der Waals surface area contributed by atoms with Crippen LogP contribution in [0.3, 0.4) is 0 Å². The topological polar surface area (TPSA) is 86.6 Å². The van der Waals surface area contributed by atoms with Gasteiger partial charge in [-0.15, -0.1) is 0 Å². The molecule has 0 aromatic carbocycles. The van der Waals surface area contributed by atoms with E-state index in [0.29, 0.717) is 32.7 Å². The Labute approximate surface area is 116 Å². The van der Waals surface area contributed by atoms with E-state index in [1.807, 2.05) is 4.90 Å². The van der Waals surface area contributed by atoms with Crippen molar-refractivity contribution in [1.29, 1.82) is 0 Å². The van der Waals surface area contributed by atoms with E-state index in [4.69, 9.17) is 16.7 Å². The Bertz CT molecular complexity index is 514. The Kier molecular flexibility index (Phi) is 4.69. The van der Waals surface area contributed by atoms with Crippen molar-refractivity contribution in [1.82, 2.24) is 19.2 Å². The summed E-state index contributed by atoms with van der Waals surface area (Å²) in [6.45, 7) is 2.65. The molecule has 19 heavy (non-hydrogen) atoms. The third-order valence-corrected chi connectivity index (χ3v) is 5.03. The van der Waals surface area contributed by atoms with Gasteiger partial charge in [0.2, 0.25) is 15.3 Å². The molecule has 1 aliphatic heterocycles. The van der Waals surface area contributed by atoms with E-state index in [1.54, 1.807) is 0 Å². The summed E-state index contributed by atoms with van der Waals surface area (Å²) in [5.74, 6) is 0.